The molecule has 0 aliphatic rings. The summed E-state index contributed by atoms with van der Waals surface area (Å²) in [5.41, 5.74) is 5.20. The monoisotopic (exact) mass is 294 g/mol. The molecule has 2 aromatic rings. The molecule has 21 heavy (non-hydrogen) atoms. The number of carbonyl (C=O) groups is 1. The van der Waals surface area contributed by atoms with E-state index in [2.05, 4.69) is 5.32 Å². The topological polar surface area (TPSA) is 84.6 Å². The number of benzene rings is 2. The summed E-state index contributed by atoms with van der Waals surface area (Å²) in [6.45, 7) is 0. The van der Waals surface area contributed by atoms with Crippen molar-refractivity contribution in [3.63, 3.8) is 0 Å². The summed E-state index contributed by atoms with van der Waals surface area (Å²) in [5.74, 6) is -2.37. The Hall–Kier alpha value is -2.83. The summed E-state index contributed by atoms with van der Waals surface area (Å²) in [6, 6.07) is 5.61. The number of ether oxygens (including phenoxy) is 1. The smallest absolute Gasteiger partial charge is 0.337 e. The van der Waals surface area contributed by atoms with E-state index in [1.54, 1.807) is 0 Å². The van der Waals surface area contributed by atoms with E-state index in [4.69, 9.17) is 15.6 Å². The number of nitrogen functional groups attached to an aromatic ring is 1. The van der Waals surface area contributed by atoms with Crippen LogP contribution < -0.4 is 15.8 Å². The first-order valence-electron chi connectivity index (χ1n) is 5.85. The lowest BCUT2D eigenvalue weighted by Crippen LogP contribution is -2.05. The van der Waals surface area contributed by atoms with Crippen molar-refractivity contribution in [2.45, 2.75) is 0 Å². The number of halogens is 2. The van der Waals surface area contributed by atoms with E-state index in [1.165, 1.54) is 13.2 Å². The zero-order valence-corrected chi connectivity index (χ0v) is 11.0. The molecule has 0 aliphatic carbocycles. The number of nitrogens with one attached hydrogen (secondary N) is 1. The Bertz CT molecular complexity index is 705. The lowest BCUT2D eigenvalue weighted by molar-refractivity contribution is 0.0698. The van der Waals surface area contributed by atoms with Crippen LogP contribution in [-0.2, 0) is 0 Å². The first kappa shape index (κ1) is 14.6. The Morgan fingerprint density at radius 3 is 2.57 bits per heavy atom. The third-order valence-electron chi connectivity index (χ3n) is 2.80. The van der Waals surface area contributed by atoms with Gasteiger partial charge in [-0.2, -0.15) is 0 Å². The molecule has 0 fully saturated rings. The highest BCUT2D eigenvalue weighted by Gasteiger charge is 2.14. The van der Waals surface area contributed by atoms with Crippen LogP contribution in [0.2, 0.25) is 0 Å². The van der Waals surface area contributed by atoms with Gasteiger partial charge in [-0.05, 0) is 24.3 Å². The van der Waals surface area contributed by atoms with Gasteiger partial charge in [-0.1, -0.05) is 0 Å². The van der Waals surface area contributed by atoms with Crippen molar-refractivity contribution in [3.05, 3.63) is 47.5 Å². The summed E-state index contributed by atoms with van der Waals surface area (Å²) >= 11 is 0. The Labute approximate surface area is 119 Å². The van der Waals surface area contributed by atoms with E-state index >= 15 is 0 Å². The molecule has 2 rings (SSSR count). The van der Waals surface area contributed by atoms with Gasteiger partial charge >= 0.3 is 5.97 Å². The number of anilines is 3. The molecule has 0 spiro atoms. The van der Waals surface area contributed by atoms with Crippen LogP contribution in [0.15, 0.2) is 30.3 Å². The highest BCUT2D eigenvalue weighted by atomic mass is 19.1. The first-order chi connectivity index (χ1) is 9.92. The molecule has 0 heterocycles. The highest BCUT2D eigenvalue weighted by Crippen LogP contribution is 2.31. The molecule has 110 valence electrons. The summed E-state index contributed by atoms with van der Waals surface area (Å²) < 4.78 is 31.9. The maximum absolute atomic E-state index is 13.8. The van der Waals surface area contributed by atoms with Crippen LogP contribution in [0.5, 0.6) is 5.75 Å². The van der Waals surface area contributed by atoms with E-state index in [0.29, 0.717) is 5.69 Å². The summed E-state index contributed by atoms with van der Waals surface area (Å²) in [4.78, 5) is 11.0. The molecule has 0 amide bonds. The van der Waals surface area contributed by atoms with E-state index in [0.717, 1.165) is 24.3 Å². The van der Waals surface area contributed by atoms with Crippen molar-refractivity contribution in [2.75, 3.05) is 18.2 Å². The minimum Gasteiger partial charge on any atom is -0.494 e. The molecule has 7 heteroatoms. The van der Waals surface area contributed by atoms with Crippen LogP contribution in [0, 0.1) is 11.6 Å². The quantitative estimate of drug-likeness (QED) is 0.755. The lowest BCUT2D eigenvalue weighted by Gasteiger charge is -2.13. The predicted molar refractivity (Wildman–Crippen MR) is 74.0 cm³/mol. The standard InChI is InChI=1S/C14H12F2N2O3/c1-21-13-4-7(15)2-3-11(13)18-12-5-8(14(19)20)10(17)6-9(12)16/h2-6,18H,17H2,1H3,(H,19,20). The minimum atomic E-state index is -1.28. The number of carboxylic acids is 1. The van der Waals surface area contributed by atoms with E-state index in [-0.39, 0.29) is 22.7 Å². The molecule has 0 aromatic heterocycles. The van der Waals surface area contributed by atoms with Crippen molar-refractivity contribution in [1.29, 1.82) is 0 Å². The largest absolute Gasteiger partial charge is 0.494 e. The van der Waals surface area contributed by atoms with Gasteiger partial charge in [-0.25, -0.2) is 13.6 Å². The second-order valence-corrected chi connectivity index (χ2v) is 4.19. The zero-order chi connectivity index (χ0) is 15.6. The molecule has 2 aromatic carbocycles. The lowest BCUT2D eigenvalue weighted by atomic mass is 10.1. The molecule has 0 saturated carbocycles. The van der Waals surface area contributed by atoms with Crippen molar-refractivity contribution in [2.24, 2.45) is 0 Å². The van der Waals surface area contributed by atoms with Crippen LogP contribution in [0.1, 0.15) is 10.4 Å². The number of methoxy groups -OCH3 is 1. The van der Waals surface area contributed by atoms with E-state index in [1.807, 2.05) is 0 Å². The van der Waals surface area contributed by atoms with Gasteiger partial charge < -0.3 is 20.9 Å². The molecule has 0 atom stereocenters. The summed E-state index contributed by atoms with van der Waals surface area (Å²) in [6.07, 6.45) is 0. The van der Waals surface area contributed by atoms with Crippen LogP contribution in [0.4, 0.5) is 25.8 Å². The highest BCUT2D eigenvalue weighted by molar-refractivity contribution is 5.95. The van der Waals surface area contributed by atoms with Crippen LogP contribution in [-0.4, -0.2) is 18.2 Å². The number of hydrogen-bond acceptors (Lipinski definition) is 4. The Balaban J connectivity index is 2.44. The second-order valence-electron chi connectivity index (χ2n) is 4.19. The van der Waals surface area contributed by atoms with Gasteiger partial charge in [-0.15, -0.1) is 0 Å². The third-order valence-corrected chi connectivity index (χ3v) is 2.80. The van der Waals surface area contributed by atoms with Crippen LogP contribution in [0.3, 0.4) is 0 Å². The number of rotatable bonds is 4. The van der Waals surface area contributed by atoms with Gasteiger partial charge in [0.15, 0.2) is 0 Å². The summed E-state index contributed by atoms with van der Waals surface area (Å²) in [5, 5.41) is 11.6. The minimum absolute atomic E-state index is 0.105. The number of aromatic carboxylic acids is 1. The Morgan fingerprint density at radius 2 is 1.95 bits per heavy atom. The SMILES string of the molecule is COc1cc(F)ccc1Nc1cc(C(=O)O)c(N)cc1F. The van der Waals surface area contributed by atoms with Gasteiger partial charge in [0.1, 0.15) is 17.4 Å². The molecule has 0 bridgehead atoms. The zero-order valence-electron chi connectivity index (χ0n) is 11.0. The van der Waals surface area contributed by atoms with Crippen molar-refractivity contribution >= 4 is 23.0 Å². The first-order valence-corrected chi connectivity index (χ1v) is 5.85. The van der Waals surface area contributed by atoms with Gasteiger partial charge in [0.05, 0.1) is 24.0 Å². The van der Waals surface area contributed by atoms with Crippen LogP contribution >= 0.6 is 0 Å². The van der Waals surface area contributed by atoms with Crippen molar-refractivity contribution < 1.29 is 23.4 Å². The molecule has 5 nitrogen and oxygen atoms in total. The molecular weight excluding hydrogens is 282 g/mol. The van der Waals surface area contributed by atoms with Crippen molar-refractivity contribution in [1.82, 2.24) is 0 Å². The number of nitrogens with two attached hydrogens (primary N) is 1. The molecule has 0 aliphatic heterocycles. The van der Waals surface area contributed by atoms with Gasteiger partial charge in [-0.3, -0.25) is 0 Å². The average Bonchev–Trinajstić information content (AvgIpc) is 2.42. The molecule has 0 unspecified atom stereocenters. The number of hydrogen-bond donors (Lipinski definition) is 3. The maximum Gasteiger partial charge on any atom is 0.337 e. The van der Waals surface area contributed by atoms with Gasteiger partial charge in [0.25, 0.3) is 0 Å². The fourth-order valence-corrected chi connectivity index (χ4v) is 1.78. The Morgan fingerprint density at radius 1 is 1.24 bits per heavy atom. The van der Waals surface area contributed by atoms with E-state index < -0.39 is 17.6 Å². The fraction of sp³-hybridized carbons (Fsp3) is 0.0714. The molecule has 0 radical (unpaired) electrons. The second kappa shape index (κ2) is 5.66. The van der Waals surface area contributed by atoms with Gasteiger partial charge in [0.2, 0.25) is 0 Å². The molecule has 0 saturated heterocycles. The third kappa shape index (κ3) is 3.02. The van der Waals surface area contributed by atoms with Gasteiger partial charge in [0, 0.05) is 11.8 Å². The molecule has 4 N–H and O–H groups in total. The fourth-order valence-electron chi connectivity index (χ4n) is 1.78. The van der Waals surface area contributed by atoms with E-state index in [9.17, 15) is 13.6 Å². The molecular formula is C14H12F2N2O3. The summed E-state index contributed by atoms with van der Waals surface area (Å²) in [7, 11) is 1.34. The number of carboxylic acid groups (broad SMARTS) is 1. The van der Waals surface area contributed by atoms with Crippen LogP contribution in [0.25, 0.3) is 0 Å². The predicted octanol–water partition coefficient (Wildman–Crippen LogP) is 3.00. The van der Waals surface area contributed by atoms with Crippen molar-refractivity contribution in [3.8, 4) is 5.75 Å². The normalized spacial score (nSPS) is 10.2. The maximum atomic E-state index is 13.8. The Kier molecular flexibility index (Phi) is 3.93. The average molecular weight is 294 g/mol.